The van der Waals surface area contributed by atoms with Crippen LogP contribution in [-0.4, -0.2) is 49.0 Å². The largest absolute Gasteiger partial charge is 0.423 e. The number of nitrogens with one attached hydrogen (secondary N) is 1. The van der Waals surface area contributed by atoms with Crippen molar-refractivity contribution in [2.45, 2.75) is 18.9 Å². The summed E-state index contributed by atoms with van der Waals surface area (Å²) in [6.45, 7) is 2.14. The van der Waals surface area contributed by atoms with Gasteiger partial charge < -0.3 is 19.5 Å². The zero-order valence-electron chi connectivity index (χ0n) is 19.6. The molecule has 1 aliphatic heterocycles. The van der Waals surface area contributed by atoms with Crippen LogP contribution in [-0.2, 0) is 0 Å². The second-order valence-electron chi connectivity index (χ2n) is 8.98. The van der Waals surface area contributed by atoms with Crippen LogP contribution in [0.25, 0.3) is 22.2 Å². The van der Waals surface area contributed by atoms with E-state index >= 15 is 0 Å². The molecule has 0 atom stereocenters. The molecule has 1 N–H and O–H groups in total. The molecule has 1 saturated heterocycles. The van der Waals surface area contributed by atoms with Crippen LogP contribution in [0.5, 0.6) is 0 Å². The smallest absolute Gasteiger partial charge is 0.298 e. The first-order valence-electron chi connectivity index (χ1n) is 11.6. The third-order valence-corrected chi connectivity index (χ3v) is 7.11. The fourth-order valence-electron chi connectivity index (χ4n) is 4.41. The van der Waals surface area contributed by atoms with Crippen molar-refractivity contribution < 1.29 is 9.21 Å². The van der Waals surface area contributed by atoms with Gasteiger partial charge in [-0.3, -0.25) is 4.79 Å². The van der Waals surface area contributed by atoms with Crippen molar-refractivity contribution in [3.8, 4) is 11.1 Å². The molecule has 0 saturated carbocycles. The number of carbonyl (C=O) groups excluding carboxylic acids is 1. The molecule has 0 bridgehead atoms. The molecule has 3 aromatic carbocycles. The number of fused-ring (bicyclic) bond motifs is 1. The van der Waals surface area contributed by atoms with Crippen LogP contribution in [0.3, 0.4) is 0 Å². The molecule has 35 heavy (non-hydrogen) atoms. The molecular weight excluding hydrogens is 483 g/mol. The van der Waals surface area contributed by atoms with E-state index < -0.39 is 0 Å². The SMILES string of the molecule is CN1CCC(N(C)c2nc3cc(NC(=O)c4ccc(-c5ccc(Cl)cc5Cl)cc4)ccc3o2)CC1. The van der Waals surface area contributed by atoms with Crippen LogP contribution >= 0.6 is 23.2 Å². The highest BCUT2D eigenvalue weighted by Gasteiger charge is 2.24. The zero-order valence-corrected chi connectivity index (χ0v) is 21.1. The topological polar surface area (TPSA) is 61.6 Å². The highest BCUT2D eigenvalue weighted by atomic mass is 35.5. The summed E-state index contributed by atoms with van der Waals surface area (Å²) in [7, 11) is 4.18. The first kappa shape index (κ1) is 23.7. The number of halogens is 2. The monoisotopic (exact) mass is 508 g/mol. The number of rotatable bonds is 5. The number of anilines is 2. The lowest BCUT2D eigenvalue weighted by Crippen LogP contribution is -2.42. The summed E-state index contributed by atoms with van der Waals surface area (Å²) in [5.41, 5.74) is 4.39. The molecular formula is C27H26Cl2N4O2. The quantitative estimate of drug-likeness (QED) is 0.329. The van der Waals surface area contributed by atoms with Gasteiger partial charge in [0.2, 0.25) is 0 Å². The van der Waals surface area contributed by atoms with Crippen molar-refractivity contribution in [3.05, 3.63) is 76.3 Å². The lowest BCUT2D eigenvalue weighted by molar-refractivity contribution is 0.102. The third-order valence-electron chi connectivity index (χ3n) is 6.56. The normalized spacial score (nSPS) is 14.9. The number of hydrogen-bond donors (Lipinski definition) is 1. The summed E-state index contributed by atoms with van der Waals surface area (Å²) in [6, 6.07) is 19.2. The van der Waals surface area contributed by atoms with Gasteiger partial charge in [-0.05, 0) is 81.0 Å². The van der Waals surface area contributed by atoms with Crippen LogP contribution in [0.4, 0.5) is 11.7 Å². The first-order chi connectivity index (χ1) is 16.9. The number of likely N-dealkylation sites (tertiary alicyclic amines) is 1. The van der Waals surface area contributed by atoms with E-state index in [4.69, 9.17) is 27.6 Å². The highest BCUT2D eigenvalue weighted by molar-refractivity contribution is 6.36. The minimum Gasteiger partial charge on any atom is -0.423 e. The Morgan fingerprint density at radius 2 is 1.80 bits per heavy atom. The molecule has 8 heteroatoms. The molecule has 5 rings (SSSR count). The van der Waals surface area contributed by atoms with Gasteiger partial charge in [0.15, 0.2) is 5.58 Å². The summed E-state index contributed by atoms with van der Waals surface area (Å²) >= 11 is 12.3. The molecule has 0 spiro atoms. The maximum atomic E-state index is 12.8. The number of aromatic nitrogens is 1. The molecule has 180 valence electrons. The van der Waals surface area contributed by atoms with Gasteiger partial charge in [-0.25, -0.2) is 0 Å². The summed E-state index contributed by atoms with van der Waals surface area (Å²) in [4.78, 5) is 22.0. The Bertz CT molecular complexity index is 1360. The Labute approximate surface area is 214 Å². The number of carbonyl (C=O) groups is 1. The highest BCUT2D eigenvalue weighted by Crippen LogP contribution is 2.31. The van der Waals surface area contributed by atoms with Crippen molar-refractivity contribution in [3.63, 3.8) is 0 Å². The summed E-state index contributed by atoms with van der Waals surface area (Å²) < 4.78 is 6.00. The molecule has 0 aliphatic carbocycles. The van der Waals surface area contributed by atoms with Gasteiger partial charge in [0.1, 0.15) is 5.52 Å². The van der Waals surface area contributed by atoms with E-state index in [0.29, 0.717) is 44.5 Å². The lowest BCUT2D eigenvalue weighted by atomic mass is 10.0. The molecule has 6 nitrogen and oxygen atoms in total. The first-order valence-corrected chi connectivity index (χ1v) is 12.3. The Kier molecular flexibility index (Phi) is 6.69. The van der Waals surface area contributed by atoms with Gasteiger partial charge in [0, 0.05) is 39.9 Å². The minimum absolute atomic E-state index is 0.203. The number of piperidine rings is 1. The molecule has 2 heterocycles. The van der Waals surface area contributed by atoms with E-state index in [0.717, 1.165) is 37.1 Å². The molecule has 1 amide bonds. The van der Waals surface area contributed by atoms with Gasteiger partial charge in [-0.15, -0.1) is 0 Å². The van der Waals surface area contributed by atoms with Crippen molar-refractivity contribution >= 4 is 51.9 Å². The third kappa shape index (κ3) is 5.15. The second kappa shape index (κ2) is 9.90. The van der Waals surface area contributed by atoms with Gasteiger partial charge in [0.25, 0.3) is 11.9 Å². The second-order valence-corrected chi connectivity index (χ2v) is 9.82. The fourth-order valence-corrected chi connectivity index (χ4v) is 4.93. The Morgan fingerprint density at radius 3 is 2.51 bits per heavy atom. The number of nitrogens with zero attached hydrogens (tertiary/aromatic N) is 3. The van der Waals surface area contributed by atoms with E-state index in [1.807, 2.05) is 43.4 Å². The maximum Gasteiger partial charge on any atom is 0.298 e. The number of benzene rings is 3. The molecule has 0 radical (unpaired) electrons. The lowest BCUT2D eigenvalue weighted by Gasteiger charge is -2.34. The Hall–Kier alpha value is -3.06. The predicted octanol–water partition coefficient (Wildman–Crippen LogP) is 6.58. The van der Waals surface area contributed by atoms with Crippen LogP contribution in [0, 0.1) is 0 Å². The molecule has 0 unspecified atom stereocenters. The van der Waals surface area contributed by atoms with Crippen LogP contribution in [0.1, 0.15) is 23.2 Å². The van der Waals surface area contributed by atoms with Gasteiger partial charge >= 0.3 is 0 Å². The van der Waals surface area contributed by atoms with E-state index in [2.05, 4.69) is 27.1 Å². The average Bonchev–Trinajstić information content (AvgIpc) is 3.28. The van der Waals surface area contributed by atoms with Crippen molar-refractivity contribution in [1.82, 2.24) is 9.88 Å². The van der Waals surface area contributed by atoms with E-state index in [1.54, 1.807) is 24.3 Å². The standard InChI is InChI=1S/C27H26Cl2N4O2/c1-32-13-11-21(12-14-32)33(2)27-31-24-16-20(8-10-25(24)35-27)30-26(34)18-5-3-17(4-6-18)22-9-7-19(28)15-23(22)29/h3-10,15-16,21H,11-14H2,1-2H3,(H,30,34). The number of oxazole rings is 1. The maximum absolute atomic E-state index is 12.8. The van der Waals surface area contributed by atoms with Crippen LogP contribution < -0.4 is 10.2 Å². The minimum atomic E-state index is -0.203. The van der Waals surface area contributed by atoms with E-state index in [9.17, 15) is 4.79 Å². The Balaban J connectivity index is 1.29. The molecule has 1 aliphatic rings. The molecule has 1 aromatic heterocycles. The zero-order chi connectivity index (χ0) is 24.5. The summed E-state index contributed by atoms with van der Waals surface area (Å²) in [5.74, 6) is -0.203. The van der Waals surface area contributed by atoms with Crippen molar-refractivity contribution in [1.29, 1.82) is 0 Å². The molecule has 4 aromatic rings. The van der Waals surface area contributed by atoms with Gasteiger partial charge in [0.05, 0.1) is 0 Å². The number of hydrogen-bond acceptors (Lipinski definition) is 5. The number of amides is 1. The van der Waals surface area contributed by atoms with Crippen LogP contribution in [0.2, 0.25) is 10.0 Å². The Morgan fingerprint density at radius 1 is 1.06 bits per heavy atom. The van der Waals surface area contributed by atoms with Gasteiger partial charge in [-0.1, -0.05) is 41.4 Å². The summed E-state index contributed by atoms with van der Waals surface area (Å²) in [6.07, 6.45) is 2.16. The predicted molar refractivity (Wildman–Crippen MR) is 143 cm³/mol. The van der Waals surface area contributed by atoms with Crippen LogP contribution in [0.15, 0.2) is 65.1 Å². The van der Waals surface area contributed by atoms with E-state index in [-0.39, 0.29) is 5.91 Å². The van der Waals surface area contributed by atoms with Crippen molar-refractivity contribution in [2.24, 2.45) is 0 Å². The average molecular weight is 509 g/mol. The van der Waals surface area contributed by atoms with Crippen molar-refractivity contribution in [2.75, 3.05) is 37.4 Å². The summed E-state index contributed by atoms with van der Waals surface area (Å²) in [5, 5.41) is 4.10. The van der Waals surface area contributed by atoms with Gasteiger partial charge in [-0.2, -0.15) is 4.98 Å². The van der Waals surface area contributed by atoms with E-state index in [1.165, 1.54) is 0 Å². The fraction of sp³-hybridized carbons (Fsp3) is 0.259. The molecule has 1 fully saturated rings.